The number of hydrogen-bond acceptors (Lipinski definition) is 2. The minimum absolute atomic E-state index is 0.0803. The Bertz CT molecular complexity index is 852. The molecular formula is C18H16ClN3O. The lowest BCUT2D eigenvalue weighted by Gasteiger charge is -2.09. The van der Waals surface area contributed by atoms with E-state index >= 15 is 0 Å². The fraction of sp³-hybridized carbons (Fsp3) is 0.111. The molecule has 1 N–H and O–H groups in total. The maximum Gasteiger partial charge on any atom is 0.240 e. The third-order valence-electron chi connectivity index (χ3n) is 3.50. The van der Waals surface area contributed by atoms with Gasteiger partial charge in [0.2, 0.25) is 5.91 Å². The summed E-state index contributed by atoms with van der Waals surface area (Å²) in [4.78, 5) is 16.8. The van der Waals surface area contributed by atoms with E-state index in [0.29, 0.717) is 11.6 Å². The number of aromatic nitrogens is 2. The van der Waals surface area contributed by atoms with Crippen molar-refractivity contribution in [3.63, 3.8) is 0 Å². The number of imidazole rings is 1. The number of carbonyl (C=O) groups is 1. The van der Waals surface area contributed by atoms with Gasteiger partial charge >= 0.3 is 0 Å². The average molecular weight is 326 g/mol. The van der Waals surface area contributed by atoms with Crippen molar-refractivity contribution in [1.82, 2.24) is 14.9 Å². The molecule has 116 valence electrons. The van der Waals surface area contributed by atoms with Crippen LogP contribution in [0.15, 0.2) is 61.2 Å². The van der Waals surface area contributed by atoms with Crippen LogP contribution < -0.4 is 5.32 Å². The first kappa shape index (κ1) is 15.3. The summed E-state index contributed by atoms with van der Waals surface area (Å²) in [5, 5.41) is 3.46. The molecule has 1 heterocycles. The SMILES string of the molecule is C=CCNC(=O)Cn1c(-c2ccc(Cl)cc2)nc2ccccc21. The predicted molar refractivity (Wildman–Crippen MR) is 93.4 cm³/mol. The van der Waals surface area contributed by atoms with E-state index in [1.54, 1.807) is 6.08 Å². The Labute approximate surface area is 139 Å². The molecule has 1 aromatic heterocycles. The Kier molecular flexibility index (Phi) is 4.44. The highest BCUT2D eigenvalue weighted by molar-refractivity contribution is 6.30. The third kappa shape index (κ3) is 3.27. The number of carbonyl (C=O) groups excluding carboxylic acids is 1. The van der Waals surface area contributed by atoms with E-state index in [4.69, 9.17) is 11.6 Å². The first-order valence-corrected chi connectivity index (χ1v) is 7.65. The molecule has 0 aliphatic heterocycles. The lowest BCUT2D eigenvalue weighted by Crippen LogP contribution is -2.27. The first-order valence-electron chi connectivity index (χ1n) is 7.28. The molecule has 4 nitrogen and oxygen atoms in total. The standard InChI is InChI=1S/C18H16ClN3O/c1-2-11-20-17(23)12-22-16-6-4-3-5-15(16)21-18(22)13-7-9-14(19)10-8-13/h2-10H,1,11-12H2,(H,20,23). The van der Waals surface area contributed by atoms with Gasteiger partial charge in [-0.25, -0.2) is 4.98 Å². The Morgan fingerprint density at radius 2 is 1.96 bits per heavy atom. The van der Waals surface area contributed by atoms with Crippen LogP contribution in [0.2, 0.25) is 5.02 Å². The van der Waals surface area contributed by atoms with E-state index in [-0.39, 0.29) is 12.5 Å². The van der Waals surface area contributed by atoms with Gasteiger partial charge in [0.25, 0.3) is 0 Å². The number of hydrogen-bond donors (Lipinski definition) is 1. The topological polar surface area (TPSA) is 46.9 Å². The van der Waals surface area contributed by atoms with Crippen molar-refractivity contribution in [3.05, 3.63) is 66.2 Å². The van der Waals surface area contributed by atoms with Crippen LogP contribution >= 0.6 is 11.6 Å². The molecule has 0 saturated carbocycles. The fourth-order valence-corrected chi connectivity index (χ4v) is 2.57. The van der Waals surface area contributed by atoms with Crippen LogP contribution in [0.1, 0.15) is 0 Å². The molecule has 3 aromatic rings. The Hall–Kier alpha value is -2.59. The summed E-state index contributed by atoms with van der Waals surface area (Å²) in [6.45, 7) is 4.25. The number of amides is 1. The number of nitrogens with zero attached hydrogens (tertiary/aromatic N) is 2. The van der Waals surface area contributed by atoms with Gasteiger partial charge in [-0.15, -0.1) is 6.58 Å². The second kappa shape index (κ2) is 6.67. The van der Waals surface area contributed by atoms with Crippen molar-refractivity contribution in [2.45, 2.75) is 6.54 Å². The van der Waals surface area contributed by atoms with Crippen molar-refractivity contribution in [2.24, 2.45) is 0 Å². The Balaban J connectivity index is 2.05. The van der Waals surface area contributed by atoms with E-state index in [2.05, 4.69) is 16.9 Å². The van der Waals surface area contributed by atoms with Gasteiger partial charge < -0.3 is 9.88 Å². The highest BCUT2D eigenvalue weighted by Crippen LogP contribution is 2.25. The van der Waals surface area contributed by atoms with Gasteiger partial charge in [0, 0.05) is 17.1 Å². The largest absolute Gasteiger partial charge is 0.351 e. The Morgan fingerprint density at radius 1 is 1.22 bits per heavy atom. The van der Waals surface area contributed by atoms with Gasteiger partial charge in [0.15, 0.2) is 0 Å². The van der Waals surface area contributed by atoms with Gasteiger partial charge in [-0.2, -0.15) is 0 Å². The summed E-state index contributed by atoms with van der Waals surface area (Å²) < 4.78 is 1.91. The predicted octanol–water partition coefficient (Wildman–Crippen LogP) is 3.66. The minimum Gasteiger partial charge on any atom is -0.351 e. The highest BCUT2D eigenvalue weighted by atomic mass is 35.5. The van der Waals surface area contributed by atoms with Gasteiger partial charge in [-0.3, -0.25) is 4.79 Å². The monoisotopic (exact) mass is 325 g/mol. The normalized spacial score (nSPS) is 10.7. The van der Waals surface area contributed by atoms with Gasteiger partial charge in [-0.1, -0.05) is 29.8 Å². The molecule has 2 aromatic carbocycles. The average Bonchev–Trinajstić information content (AvgIpc) is 2.92. The van der Waals surface area contributed by atoms with Crippen molar-refractivity contribution in [3.8, 4) is 11.4 Å². The van der Waals surface area contributed by atoms with E-state index < -0.39 is 0 Å². The summed E-state index contributed by atoms with van der Waals surface area (Å²) in [6, 6.07) is 15.2. The zero-order valence-electron chi connectivity index (χ0n) is 12.5. The number of halogens is 1. The number of nitrogens with one attached hydrogen (secondary N) is 1. The molecule has 5 heteroatoms. The second-order valence-electron chi connectivity index (χ2n) is 5.11. The van der Waals surface area contributed by atoms with Crippen molar-refractivity contribution < 1.29 is 4.79 Å². The van der Waals surface area contributed by atoms with Crippen molar-refractivity contribution in [1.29, 1.82) is 0 Å². The van der Waals surface area contributed by atoms with E-state index in [1.165, 1.54) is 0 Å². The van der Waals surface area contributed by atoms with Gasteiger partial charge in [0.1, 0.15) is 12.4 Å². The molecule has 0 fully saturated rings. The van der Waals surface area contributed by atoms with Crippen LogP contribution in [0.4, 0.5) is 0 Å². The maximum absolute atomic E-state index is 12.1. The van der Waals surface area contributed by atoms with E-state index in [1.807, 2.05) is 53.1 Å². The molecule has 0 saturated heterocycles. The quantitative estimate of drug-likeness (QED) is 0.728. The zero-order chi connectivity index (χ0) is 16.2. The van der Waals surface area contributed by atoms with Gasteiger partial charge in [0.05, 0.1) is 11.0 Å². The first-order chi connectivity index (χ1) is 11.2. The van der Waals surface area contributed by atoms with Gasteiger partial charge in [-0.05, 0) is 36.4 Å². The molecular weight excluding hydrogens is 310 g/mol. The summed E-state index contributed by atoms with van der Waals surface area (Å²) >= 11 is 5.96. The molecule has 3 rings (SSSR count). The van der Waals surface area contributed by atoms with Crippen LogP contribution in [0.3, 0.4) is 0 Å². The van der Waals surface area contributed by atoms with Crippen LogP contribution in [0.25, 0.3) is 22.4 Å². The summed E-state index contributed by atoms with van der Waals surface area (Å²) in [5.74, 6) is 0.667. The number of benzene rings is 2. The molecule has 0 bridgehead atoms. The van der Waals surface area contributed by atoms with Crippen molar-refractivity contribution >= 4 is 28.5 Å². The number of rotatable bonds is 5. The zero-order valence-corrected chi connectivity index (χ0v) is 13.3. The van der Waals surface area contributed by atoms with Crippen LogP contribution in [-0.4, -0.2) is 22.0 Å². The molecule has 0 atom stereocenters. The lowest BCUT2D eigenvalue weighted by molar-refractivity contribution is -0.121. The maximum atomic E-state index is 12.1. The molecule has 0 aliphatic rings. The number of para-hydroxylation sites is 2. The lowest BCUT2D eigenvalue weighted by atomic mass is 10.2. The van der Waals surface area contributed by atoms with E-state index in [9.17, 15) is 4.79 Å². The highest BCUT2D eigenvalue weighted by Gasteiger charge is 2.14. The molecule has 23 heavy (non-hydrogen) atoms. The summed E-state index contributed by atoms with van der Waals surface area (Å²) in [7, 11) is 0. The molecule has 0 radical (unpaired) electrons. The third-order valence-corrected chi connectivity index (χ3v) is 3.75. The molecule has 1 amide bonds. The van der Waals surface area contributed by atoms with E-state index in [0.717, 1.165) is 22.4 Å². The van der Waals surface area contributed by atoms with Crippen LogP contribution in [0, 0.1) is 0 Å². The van der Waals surface area contributed by atoms with Crippen molar-refractivity contribution in [2.75, 3.05) is 6.54 Å². The fourth-order valence-electron chi connectivity index (χ4n) is 2.44. The summed E-state index contributed by atoms with van der Waals surface area (Å²) in [6.07, 6.45) is 1.66. The molecule has 0 spiro atoms. The second-order valence-corrected chi connectivity index (χ2v) is 5.55. The molecule has 0 unspecified atom stereocenters. The molecule has 0 aliphatic carbocycles. The summed E-state index contributed by atoms with van der Waals surface area (Å²) in [5.41, 5.74) is 2.70. The van der Waals surface area contributed by atoms with Crippen LogP contribution in [0.5, 0.6) is 0 Å². The smallest absolute Gasteiger partial charge is 0.240 e. The Morgan fingerprint density at radius 3 is 2.70 bits per heavy atom. The van der Waals surface area contributed by atoms with Crippen LogP contribution in [-0.2, 0) is 11.3 Å². The number of fused-ring (bicyclic) bond motifs is 1. The minimum atomic E-state index is -0.0803.